The molecule has 2 heterocycles. The molecule has 0 radical (unpaired) electrons. The summed E-state index contributed by atoms with van der Waals surface area (Å²) in [5, 5.41) is 4.53. The second-order valence-corrected chi connectivity index (χ2v) is 5.44. The van der Waals surface area contributed by atoms with Crippen LogP contribution in [0.5, 0.6) is 5.75 Å². The Kier molecular flexibility index (Phi) is 3.74. The molecule has 0 spiro atoms. The highest BCUT2D eigenvalue weighted by Crippen LogP contribution is 2.21. The van der Waals surface area contributed by atoms with Gasteiger partial charge in [-0.3, -0.25) is 9.36 Å². The van der Waals surface area contributed by atoms with Gasteiger partial charge < -0.3 is 9.26 Å². The summed E-state index contributed by atoms with van der Waals surface area (Å²) in [5.74, 6) is 1.48. The van der Waals surface area contributed by atoms with Crippen molar-refractivity contribution in [1.82, 2.24) is 19.7 Å². The van der Waals surface area contributed by atoms with Crippen LogP contribution in [0.2, 0.25) is 0 Å². The number of rotatable bonds is 4. The number of ether oxygens (including phenoxy) is 1. The predicted molar refractivity (Wildman–Crippen MR) is 91.4 cm³/mol. The average molecular weight is 334 g/mol. The van der Waals surface area contributed by atoms with E-state index in [0.717, 1.165) is 5.56 Å². The maximum absolute atomic E-state index is 12.5. The Morgan fingerprint density at radius 1 is 1.16 bits per heavy atom. The Bertz CT molecular complexity index is 1100. The van der Waals surface area contributed by atoms with E-state index in [4.69, 9.17) is 9.26 Å². The number of methoxy groups -OCH3 is 1. The highest BCUT2D eigenvalue weighted by Gasteiger charge is 2.11. The second-order valence-electron chi connectivity index (χ2n) is 5.44. The number of hydrogen-bond donors (Lipinski definition) is 0. The molecule has 0 aliphatic carbocycles. The molecule has 0 saturated carbocycles. The molecular weight excluding hydrogens is 320 g/mol. The van der Waals surface area contributed by atoms with Crippen molar-refractivity contribution in [3.8, 4) is 17.1 Å². The van der Waals surface area contributed by atoms with Gasteiger partial charge >= 0.3 is 0 Å². The molecule has 4 aromatic rings. The van der Waals surface area contributed by atoms with Crippen LogP contribution in [0.4, 0.5) is 0 Å². The van der Waals surface area contributed by atoms with Gasteiger partial charge in [-0.25, -0.2) is 4.98 Å². The summed E-state index contributed by atoms with van der Waals surface area (Å²) in [6, 6.07) is 14.6. The van der Waals surface area contributed by atoms with Gasteiger partial charge in [-0.2, -0.15) is 4.98 Å². The van der Waals surface area contributed by atoms with E-state index in [1.807, 2.05) is 36.4 Å². The van der Waals surface area contributed by atoms with Gasteiger partial charge in [0.05, 0.1) is 24.3 Å². The molecule has 0 saturated heterocycles. The topological polar surface area (TPSA) is 83.0 Å². The maximum Gasteiger partial charge on any atom is 0.261 e. The largest absolute Gasteiger partial charge is 0.497 e. The Labute approximate surface area is 142 Å². The molecule has 0 fully saturated rings. The zero-order valence-corrected chi connectivity index (χ0v) is 13.4. The molecular formula is C18H14N4O3. The SMILES string of the molecule is COc1cccc(-c2noc(Cn3cnc4ccccc4c3=O)n2)c1. The maximum atomic E-state index is 12.5. The molecule has 7 heteroatoms. The summed E-state index contributed by atoms with van der Waals surface area (Å²) >= 11 is 0. The van der Waals surface area contributed by atoms with Crippen molar-refractivity contribution in [3.05, 3.63) is 71.1 Å². The molecule has 0 atom stereocenters. The molecule has 2 aromatic carbocycles. The Hall–Kier alpha value is -3.48. The fraction of sp³-hybridized carbons (Fsp3) is 0.111. The van der Waals surface area contributed by atoms with Crippen molar-refractivity contribution in [3.63, 3.8) is 0 Å². The highest BCUT2D eigenvalue weighted by atomic mass is 16.5. The van der Waals surface area contributed by atoms with Crippen LogP contribution < -0.4 is 10.3 Å². The van der Waals surface area contributed by atoms with E-state index in [9.17, 15) is 4.79 Å². The lowest BCUT2D eigenvalue weighted by atomic mass is 10.2. The Morgan fingerprint density at radius 2 is 2.04 bits per heavy atom. The molecule has 2 aromatic heterocycles. The minimum absolute atomic E-state index is 0.147. The van der Waals surface area contributed by atoms with Crippen molar-refractivity contribution in [2.24, 2.45) is 0 Å². The van der Waals surface area contributed by atoms with E-state index in [2.05, 4.69) is 15.1 Å². The first kappa shape index (κ1) is 15.1. The van der Waals surface area contributed by atoms with Gasteiger partial charge in [-0.05, 0) is 24.3 Å². The van der Waals surface area contributed by atoms with Crippen LogP contribution in [0.3, 0.4) is 0 Å². The van der Waals surface area contributed by atoms with Crippen LogP contribution in [0.15, 0.2) is 64.2 Å². The Balaban J connectivity index is 1.65. The van der Waals surface area contributed by atoms with Crippen LogP contribution in [0, 0.1) is 0 Å². The van der Waals surface area contributed by atoms with E-state index < -0.39 is 0 Å². The first-order valence-corrected chi connectivity index (χ1v) is 7.66. The summed E-state index contributed by atoms with van der Waals surface area (Å²) in [4.78, 5) is 21.1. The van der Waals surface area contributed by atoms with Gasteiger partial charge in [0.25, 0.3) is 5.56 Å². The minimum Gasteiger partial charge on any atom is -0.497 e. The fourth-order valence-electron chi connectivity index (χ4n) is 2.56. The number of aromatic nitrogens is 4. The standard InChI is InChI=1S/C18H14N4O3/c1-24-13-6-4-5-12(9-13)17-20-16(25-21-17)10-22-11-19-15-8-3-2-7-14(15)18(22)23/h2-9,11H,10H2,1H3. The molecule has 25 heavy (non-hydrogen) atoms. The summed E-state index contributed by atoms with van der Waals surface area (Å²) in [7, 11) is 1.60. The quantitative estimate of drug-likeness (QED) is 0.570. The van der Waals surface area contributed by atoms with Crippen LogP contribution in [-0.2, 0) is 6.54 Å². The van der Waals surface area contributed by atoms with Crippen LogP contribution in [0.1, 0.15) is 5.89 Å². The molecule has 0 N–H and O–H groups in total. The summed E-state index contributed by atoms with van der Waals surface area (Å²) in [5.41, 5.74) is 1.29. The van der Waals surface area contributed by atoms with Crippen molar-refractivity contribution in [1.29, 1.82) is 0 Å². The van der Waals surface area contributed by atoms with Gasteiger partial charge in [0.1, 0.15) is 12.3 Å². The van der Waals surface area contributed by atoms with Gasteiger partial charge in [-0.1, -0.05) is 29.4 Å². The van der Waals surface area contributed by atoms with E-state index in [1.165, 1.54) is 10.9 Å². The lowest BCUT2D eigenvalue weighted by Gasteiger charge is -2.03. The predicted octanol–water partition coefficient (Wildman–Crippen LogP) is 2.50. The highest BCUT2D eigenvalue weighted by molar-refractivity contribution is 5.76. The molecule has 0 amide bonds. The summed E-state index contributed by atoms with van der Waals surface area (Å²) in [6.45, 7) is 0.160. The smallest absolute Gasteiger partial charge is 0.261 e. The molecule has 7 nitrogen and oxygen atoms in total. The summed E-state index contributed by atoms with van der Waals surface area (Å²) < 4.78 is 11.9. The lowest BCUT2D eigenvalue weighted by Crippen LogP contribution is -2.21. The molecule has 0 aliphatic rings. The van der Waals surface area contributed by atoms with Gasteiger partial charge in [0.15, 0.2) is 0 Å². The Morgan fingerprint density at radius 3 is 2.92 bits per heavy atom. The number of benzene rings is 2. The van der Waals surface area contributed by atoms with Gasteiger partial charge in [-0.15, -0.1) is 0 Å². The zero-order chi connectivity index (χ0) is 17.2. The van der Waals surface area contributed by atoms with E-state index in [0.29, 0.717) is 28.4 Å². The van der Waals surface area contributed by atoms with Crippen molar-refractivity contribution < 1.29 is 9.26 Å². The minimum atomic E-state index is -0.147. The van der Waals surface area contributed by atoms with E-state index in [1.54, 1.807) is 19.2 Å². The van der Waals surface area contributed by atoms with Crippen LogP contribution in [-0.4, -0.2) is 26.8 Å². The summed E-state index contributed by atoms with van der Waals surface area (Å²) in [6.07, 6.45) is 1.49. The van der Waals surface area contributed by atoms with E-state index >= 15 is 0 Å². The zero-order valence-electron chi connectivity index (χ0n) is 13.4. The fourth-order valence-corrected chi connectivity index (χ4v) is 2.56. The third kappa shape index (κ3) is 2.87. The van der Waals surface area contributed by atoms with Gasteiger partial charge in [0, 0.05) is 5.56 Å². The van der Waals surface area contributed by atoms with Crippen LogP contribution in [0.25, 0.3) is 22.3 Å². The molecule has 0 unspecified atom stereocenters. The lowest BCUT2D eigenvalue weighted by molar-refractivity contribution is 0.369. The average Bonchev–Trinajstić information content (AvgIpc) is 3.13. The van der Waals surface area contributed by atoms with E-state index in [-0.39, 0.29) is 12.1 Å². The number of hydrogen-bond acceptors (Lipinski definition) is 6. The third-order valence-corrected chi connectivity index (χ3v) is 3.83. The van der Waals surface area contributed by atoms with Crippen molar-refractivity contribution in [2.75, 3.05) is 7.11 Å². The van der Waals surface area contributed by atoms with Crippen molar-refractivity contribution in [2.45, 2.75) is 6.54 Å². The number of fused-ring (bicyclic) bond motifs is 1. The first-order valence-electron chi connectivity index (χ1n) is 7.66. The molecule has 4 rings (SSSR count). The van der Waals surface area contributed by atoms with Crippen LogP contribution >= 0.6 is 0 Å². The first-order chi connectivity index (χ1) is 12.2. The normalized spacial score (nSPS) is 10.9. The molecule has 0 aliphatic heterocycles. The molecule has 124 valence electrons. The second kappa shape index (κ2) is 6.20. The molecule has 0 bridgehead atoms. The third-order valence-electron chi connectivity index (χ3n) is 3.83. The van der Waals surface area contributed by atoms with Crippen molar-refractivity contribution >= 4 is 10.9 Å². The number of para-hydroxylation sites is 1. The number of nitrogens with zero attached hydrogens (tertiary/aromatic N) is 4. The van der Waals surface area contributed by atoms with Gasteiger partial charge in [0.2, 0.25) is 11.7 Å². The monoisotopic (exact) mass is 334 g/mol.